The van der Waals surface area contributed by atoms with Crippen LogP contribution in [0.5, 0.6) is 0 Å². The van der Waals surface area contributed by atoms with E-state index < -0.39 is 0 Å². The van der Waals surface area contributed by atoms with Crippen molar-refractivity contribution >= 4 is 27.7 Å². The van der Waals surface area contributed by atoms with Crippen LogP contribution < -0.4 is 5.32 Å². The van der Waals surface area contributed by atoms with Crippen molar-refractivity contribution in [1.29, 1.82) is 5.26 Å². The number of carbonyl (C=O) groups is 1. The highest BCUT2D eigenvalue weighted by atomic mass is 79.9. The van der Waals surface area contributed by atoms with Crippen molar-refractivity contribution in [2.45, 2.75) is 6.42 Å². The van der Waals surface area contributed by atoms with Gasteiger partial charge in [0.05, 0.1) is 30.4 Å². The molecule has 5 nitrogen and oxygen atoms in total. The van der Waals surface area contributed by atoms with E-state index in [9.17, 15) is 4.79 Å². The Balaban J connectivity index is 1.97. The molecular formula is C13H9BrN4O. The molecule has 0 bridgehead atoms. The lowest BCUT2D eigenvalue weighted by molar-refractivity contribution is -0.115. The third-order valence-electron chi connectivity index (χ3n) is 2.34. The molecule has 6 heteroatoms. The summed E-state index contributed by atoms with van der Waals surface area (Å²) < 4.78 is 0.609. The fraction of sp³-hybridized carbons (Fsp3) is 0.0769. The van der Waals surface area contributed by atoms with E-state index >= 15 is 0 Å². The average molecular weight is 317 g/mol. The summed E-state index contributed by atoms with van der Waals surface area (Å²) in [6, 6.07) is 8.91. The molecule has 2 aromatic rings. The van der Waals surface area contributed by atoms with Crippen LogP contribution in [0.25, 0.3) is 0 Å². The Hall–Kier alpha value is -2.26. The SMILES string of the molecule is N#Cc1ccc(CC(=O)Nc2cnc(Br)cn2)cc1. The molecule has 0 aliphatic rings. The monoisotopic (exact) mass is 316 g/mol. The van der Waals surface area contributed by atoms with E-state index in [-0.39, 0.29) is 12.3 Å². The average Bonchev–Trinajstić information content (AvgIpc) is 2.42. The van der Waals surface area contributed by atoms with Gasteiger partial charge < -0.3 is 5.32 Å². The van der Waals surface area contributed by atoms with Gasteiger partial charge in [-0.25, -0.2) is 9.97 Å². The second-order valence-corrected chi connectivity index (χ2v) is 4.57. The summed E-state index contributed by atoms with van der Waals surface area (Å²) in [5.41, 5.74) is 1.41. The first-order valence-corrected chi connectivity index (χ1v) is 6.23. The molecular weight excluding hydrogens is 308 g/mol. The van der Waals surface area contributed by atoms with Gasteiger partial charge in [0.1, 0.15) is 4.60 Å². The predicted octanol–water partition coefficient (Wildman–Crippen LogP) is 2.29. The number of amides is 1. The minimum Gasteiger partial charge on any atom is -0.309 e. The largest absolute Gasteiger partial charge is 0.309 e. The zero-order valence-electron chi connectivity index (χ0n) is 9.80. The molecule has 1 amide bonds. The van der Waals surface area contributed by atoms with Crippen molar-refractivity contribution in [2.24, 2.45) is 0 Å². The molecule has 94 valence electrons. The molecule has 1 heterocycles. The van der Waals surface area contributed by atoms with E-state index in [1.165, 1.54) is 12.4 Å². The van der Waals surface area contributed by atoms with Gasteiger partial charge in [-0.15, -0.1) is 0 Å². The number of halogens is 1. The topological polar surface area (TPSA) is 78.7 Å². The molecule has 0 aliphatic carbocycles. The van der Waals surface area contributed by atoms with Crippen molar-refractivity contribution in [3.8, 4) is 6.07 Å². The Labute approximate surface area is 118 Å². The van der Waals surface area contributed by atoms with Crippen LogP contribution in [0, 0.1) is 11.3 Å². The highest BCUT2D eigenvalue weighted by Gasteiger charge is 2.05. The lowest BCUT2D eigenvalue weighted by Gasteiger charge is -2.04. The number of aromatic nitrogens is 2. The Morgan fingerprint density at radius 3 is 2.58 bits per heavy atom. The number of benzene rings is 1. The first-order valence-electron chi connectivity index (χ1n) is 5.44. The van der Waals surface area contributed by atoms with Crippen LogP contribution in [0.15, 0.2) is 41.3 Å². The second kappa shape index (κ2) is 6.07. The summed E-state index contributed by atoms with van der Waals surface area (Å²) in [5, 5.41) is 11.3. The Morgan fingerprint density at radius 2 is 2.00 bits per heavy atom. The van der Waals surface area contributed by atoms with Crippen molar-refractivity contribution in [2.75, 3.05) is 5.32 Å². The highest BCUT2D eigenvalue weighted by molar-refractivity contribution is 9.10. The number of hydrogen-bond donors (Lipinski definition) is 1. The molecule has 0 fully saturated rings. The maximum absolute atomic E-state index is 11.8. The Bertz CT molecular complexity index is 617. The minimum atomic E-state index is -0.179. The van der Waals surface area contributed by atoms with Crippen LogP contribution in [0.4, 0.5) is 5.82 Å². The molecule has 0 atom stereocenters. The maximum Gasteiger partial charge on any atom is 0.229 e. The molecule has 0 saturated heterocycles. The van der Waals surface area contributed by atoms with E-state index in [2.05, 4.69) is 31.2 Å². The van der Waals surface area contributed by atoms with Crippen molar-refractivity contribution < 1.29 is 4.79 Å². The van der Waals surface area contributed by atoms with Crippen LogP contribution in [0.3, 0.4) is 0 Å². The smallest absolute Gasteiger partial charge is 0.229 e. The zero-order chi connectivity index (χ0) is 13.7. The molecule has 19 heavy (non-hydrogen) atoms. The van der Waals surface area contributed by atoms with E-state index in [0.29, 0.717) is 16.0 Å². The summed E-state index contributed by atoms with van der Waals surface area (Å²) in [4.78, 5) is 19.7. The summed E-state index contributed by atoms with van der Waals surface area (Å²) >= 11 is 3.17. The number of nitriles is 1. The van der Waals surface area contributed by atoms with Gasteiger partial charge in [-0.05, 0) is 33.6 Å². The Morgan fingerprint density at radius 1 is 1.26 bits per heavy atom. The van der Waals surface area contributed by atoms with E-state index in [1.807, 2.05) is 6.07 Å². The molecule has 0 aliphatic heterocycles. The molecule has 1 N–H and O–H groups in total. The number of carbonyl (C=O) groups excluding carboxylic acids is 1. The summed E-state index contributed by atoms with van der Waals surface area (Å²) in [6.45, 7) is 0. The van der Waals surface area contributed by atoms with E-state index in [1.54, 1.807) is 24.3 Å². The third-order valence-corrected chi connectivity index (χ3v) is 2.75. The standard InChI is InChI=1S/C13H9BrN4O/c14-11-7-17-12(8-16-11)18-13(19)5-9-1-3-10(6-15)4-2-9/h1-4,7-8H,5H2,(H,17,18,19). The number of rotatable bonds is 3. The summed E-state index contributed by atoms with van der Waals surface area (Å²) in [7, 11) is 0. The van der Waals surface area contributed by atoms with Gasteiger partial charge in [0.15, 0.2) is 5.82 Å². The fourth-order valence-electron chi connectivity index (χ4n) is 1.45. The van der Waals surface area contributed by atoms with Crippen LogP contribution >= 0.6 is 15.9 Å². The van der Waals surface area contributed by atoms with Crippen molar-refractivity contribution in [3.05, 3.63) is 52.4 Å². The Kier molecular flexibility index (Phi) is 4.21. The predicted molar refractivity (Wildman–Crippen MR) is 73.2 cm³/mol. The molecule has 0 unspecified atom stereocenters. The maximum atomic E-state index is 11.8. The molecule has 0 radical (unpaired) electrons. The van der Waals surface area contributed by atoms with Crippen LogP contribution in [-0.4, -0.2) is 15.9 Å². The second-order valence-electron chi connectivity index (χ2n) is 3.76. The number of nitrogens with one attached hydrogen (secondary N) is 1. The van der Waals surface area contributed by atoms with Gasteiger partial charge in [-0.2, -0.15) is 5.26 Å². The highest BCUT2D eigenvalue weighted by Crippen LogP contribution is 2.08. The molecule has 1 aromatic carbocycles. The molecule has 0 spiro atoms. The first-order chi connectivity index (χ1) is 9.17. The van der Waals surface area contributed by atoms with Gasteiger partial charge in [0.2, 0.25) is 5.91 Å². The molecule has 2 rings (SSSR count). The first kappa shape index (κ1) is 13.2. The fourth-order valence-corrected chi connectivity index (χ4v) is 1.65. The van der Waals surface area contributed by atoms with Crippen molar-refractivity contribution in [3.63, 3.8) is 0 Å². The van der Waals surface area contributed by atoms with Gasteiger partial charge in [-0.1, -0.05) is 12.1 Å². The zero-order valence-corrected chi connectivity index (χ0v) is 11.4. The van der Waals surface area contributed by atoms with Crippen molar-refractivity contribution in [1.82, 2.24) is 9.97 Å². The van der Waals surface area contributed by atoms with E-state index in [4.69, 9.17) is 5.26 Å². The number of hydrogen-bond acceptors (Lipinski definition) is 4. The van der Waals surface area contributed by atoms with Gasteiger partial charge in [0, 0.05) is 0 Å². The molecule has 1 aromatic heterocycles. The lowest BCUT2D eigenvalue weighted by Crippen LogP contribution is -2.15. The van der Waals surface area contributed by atoms with Gasteiger partial charge in [-0.3, -0.25) is 4.79 Å². The summed E-state index contributed by atoms with van der Waals surface area (Å²) in [6.07, 6.45) is 3.21. The van der Waals surface area contributed by atoms with Gasteiger partial charge in [0.25, 0.3) is 0 Å². The third kappa shape index (κ3) is 3.86. The normalized spacial score (nSPS) is 9.68. The minimum absolute atomic E-state index is 0.179. The van der Waals surface area contributed by atoms with E-state index in [0.717, 1.165) is 5.56 Å². The van der Waals surface area contributed by atoms with Gasteiger partial charge >= 0.3 is 0 Å². The summed E-state index contributed by atoms with van der Waals surface area (Å²) in [5.74, 6) is 0.225. The van der Waals surface area contributed by atoms with Crippen LogP contribution in [-0.2, 0) is 11.2 Å². The van der Waals surface area contributed by atoms with Crippen LogP contribution in [0.2, 0.25) is 0 Å². The quantitative estimate of drug-likeness (QED) is 0.942. The number of nitrogens with zero attached hydrogens (tertiary/aromatic N) is 3. The molecule has 0 saturated carbocycles. The van der Waals surface area contributed by atoms with Crippen LogP contribution in [0.1, 0.15) is 11.1 Å². The number of anilines is 1. The lowest BCUT2D eigenvalue weighted by atomic mass is 10.1.